The molecule has 1 aromatic rings. The lowest BCUT2D eigenvalue weighted by Crippen LogP contribution is -2.36. The Balaban J connectivity index is 1.96. The molecular weight excluding hydrogens is 282 g/mol. The van der Waals surface area contributed by atoms with E-state index in [0.29, 0.717) is 12.3 Å². The van der Waals surface area contributed by atoms with Crippen molar-refractivity contribution in [3.05, 3.63) is 23.8 Å². The molecule has 1 fully saturated rings. The summed E-state index contributed by atoms with van der Waals surface area (Å²) >= 11 is 0. The normalized spacial score (nSPS) is 19.4. The second-order valence-electron chi connectivity index (χ2n) is 6.14. The fourth-order valence-corrected chi connectivity index (χ4v) is 2.51. The van der Waals surface area contributed by atoms with Gasteiger partial charge in [0, 0.05) is 6.61 Å². The third-order valence-corrected chi connectivity index (χ3v) is 3.76. The second kappa shape index (κ2) is 7.61. The molecule has 2 N–H and O–H groups in total. The van der Waals surface area contributed by atoms with Crippen molar-refractivity contribution >= 4 is 11.6 Å². The molecule has 1 saturated heterocycles. The van der Waals surface area contributed by atoms with Crippen LogP contribution in [-0.4, -0.2) is 36.4 Å². The number of ether oxygens (including phenoxy) is 2. The van der Waals surface area contributed by atoms with E-state index in [1.165, 1.54) is 0 Å². The lowest BCUT2D eigenvalue weighted by atomic mass is 10.1. The van der Waals surface area contributed by atoms with Crippen molar-refractivity contribution in [2.45, 2.75) is 45.8 Å². The first-order chi connectivity index (χ1) is 10.5. The van der Waals surface area contributed by atoms with Crippen molar-refractivity contribution in [3.63, 3.8) is 0 Å². The molecule has 2 unspecified atom stereocenters. The zero-order valence-corrected chi connectivity index (χ0v) is 13.5. The van der Waals surface area contributed by atoms with Gasteiger partial charge in [0.2, 0.25) is 0 Å². The van der Waals surface area contributed by atoms with E-state index < -0.39 is 6.10 Å². The number of phenols is 1. The molecule has 1 aliphatic heterocycles. The van der Waals surface area contributed by atoms with Gasteiger partial charge >= 0.3 is 0 Å². The molecule has 0 radical (unpaired) electrons. The highest BCUT2D eigenvalue weighted by molar-refractivity contribution is 5.95. The van der Waals surface area contributed by atoms with Crippen LogP contribution in [0.15, 0.2) is 18.2 Å². The van der Waals surface area contributed by atoms with Crippen molar-refractivity contribution in [2.75, 3.05) is 18.5 Å². The van der Waals surface area contributed by atoms with E-state index in [9.17, 15) is 9.90 Å². The van der Waals surface area contributed by atoms with E-state index in [1.54, 1.807) is 12.1 Å². The van der Waals surface area contributed by atoms with Gasteiger partial charge in [0.25, 0.3) is 5.91 Å². The maximum atomic E-state index is 12.4. The number of aryl methyl sites for hydroxylation is 1. The zero-order chi connectivity index (χ0) is 16.1. The maximum absolute atomic E-state index is 12.4. The summed E-state index contributed by atoms with van der Waals surface area (Å²) in [5.74, 6) is -0.142. The first kappa shape index (κ1) is 16.8. The number of benzene rings is 1. The summed E-state index contributed by atoms with van der Waals surface area (Å²) in [6, 6.07) is 5.15. The van der Waals surface area contributed by atoms with Gasteiger partial charge in [-0.2, -0.15) is 0 Å². The lowest BCUT2D eigenvalue weighted by Gasteiger charge is -2.22. The summed E-state index contributed by atoms with van der Waals surface area (Å²) in [5.41, 5.74) is 1.34. The number of rotatable bonds is 6. The average Bonchev–Trinajstić information content (AvgIpc) is 2.95. The van der Waals surface area contributed by atoms with Gasteiger partial charge in [0.15, 0.2) is 0 Å². The molecule has 0 spiro atoms. The van der Waals surface area contributed by atoms with Crippen LogP contribution in [0.1, 0.15) is 32.3 Å². The quantitative estimate of drug-likeness (QED) is 0.793. The number of carbonyl (C=O) groups excluding carboxylic acids is 1. The molecule has 5 heteroatoms. The van der Waals surface area contributed by atoms with E-state index in [2.05, 4.69) is 5.32 Å². The zero-order valence-electron chi connectivity index (χ0n) is 13.5. The Kier molecular flexibility index (Phi) is 5.80. The monoisotopic (exact) mass is 307 g/mol. The molecule has 22 heavy (non-hydrogen) atoms. The molecule has 0 aliphatic carbocycles. The van der Waals surface area contributed by atoms with Gasteiger partial charge in [-0.1, -0.05) is 19.9 Å². The van der Waals surface area contributed by atoms with Gasteiger partial charge < -0.3 is 19.9 Å². The average molecular weight is 307 g/mol. The molecule has 2 rings (SSSR count). The molecule has 1 aromatic carbocycles. The maximum Gasteiger partial charge on any atom is 0.253 e. The number of phenolic OH excluding ortho intramolecular Hbond substituents is 1. The number of hydrogen-bond donors (Lipinski definition) is 2. The van der Waals surface area contributed by atoms with Crippen molar-refractivity contribution in [2.24, 2.45) is 5.92 Å². The van der Waals surface area contributed by atoms with Crippen molar-refractivity contribution in [3.8, 4) is 5.75 Å². The highest BCUT2D eigenvalue weighted by Crippen LogP contribution is 2.25. The van der Waals surface area contributed by atoms with Gasteiger partial charge in [-0.25, -0.2) is 0 Å². The molecule has 5 nitrogen and oxygen atoms in total. The van der Waals surface area contributed by atoms with E-state index in [-0.39, 0.29) is 23.7 Å². The van der Waals surface area contributed by atoms with Crippen LogP contribution in [0.4, 0.5) is 5.69 Å². The number of hydrogen-bond acceptors (Lipinski definition) is 4. The third kappa shape index (κ3) is 4.45. The fraction of sp³-hybridized carbons (Fsp3) is 0.588. The molecule has 2 atom stereocenters. The van der Waals surface area contributed by atoms with Crippen LogP contribution < -0.4 is 5.32 Å². The Labute approximate surface area is 131 Å². The number of amides is 1. The Hall–Kier alpha value is -1.59. The third-order valence-electron chi connectivity index (χ3n) is 3.76. The summed E-state index contributed by atoms with van der Waals surface area (Å²) < 4.78 is 11.3. The van der Waals surface area contributed by atoms with Gasteiger partial charge in [-0.3, -0.25) is 4.79 Å². The Morgan fingerprint density at radius 3 is 2.86 bits per heavy atom. The standard InChI is InChI=1S/C17H25NO4/c1-11(2)16(22-10-13-5-4-8-21-13)17(20)18-14-7-6-12(3)9-15(14)19/h6-7,9,11,13,16,19H,4-5,8,10H2,1-3H3,(H,18,20). The van der Waals surface area contributed by atoms with E-state index in [0.717, 1.165) is 25.0 Å². The minimum atomic E-state index is -0.565. The molecule has 1 heterocycles. The van der Waals surface area contributed by atoms with Crippen molar-refractivity contribution in [1.82, 2.24) is 0 Å². The Bertz CT molecular complexity index is 509. The highest BCUT2D eigenvalue weighted by atomic mass is 16.5. The fourth-order valence-electron chi connectivity index (χ4n) is 2.51. The molecule has 1 aliphatic rings. The predicted octanol–water partition coefficient (Wildman–Crippen LogP) is 2.86. The van der Waals surface area contributed by atoms with Gasteiger partial charge in [-0.05, 0) is 43.4 Å². The summed E-state index contributed by atoms with van der Waals surface area (Å²) in [5, 5.41) is 12.6. The van der Waals surface area contributed by atoms with Gasteiger partial charge in [0.1, 0.15) is 11.9 Å². The first-order valence-corrected chi connectivity index (χ1v) is 7.81. The number of anilines is 1. The van der Waals surface area contributed by atoms with Crippen LogP contribution in [0.25, 0.3) is 0 Å². The molecule has 0 saturated carbocycles. The number of aromatic hydroxyl groups is 1. The van der Waals surface area contributed by atoms with Crippen LogP contribution in [0.3, 0.4) is 0 Å². The number of nitrogens with one attached hydrogen (secondary N) is 1. The summed E-state index contributed by atoms with van der Waals surface area (Å²) in [6.07, 6.45) is 1.54. The first-order valence-electron chi connectivity index (χ1n) is 7.81. The van der Waals surface area contributed by atoms with Crippen LogP contribution >= 0.6 is 0 Å². The van der Waals surface area contributed by atoms with Gasteiger partial charge in [-0.15, -0.1) is 0 Å². The molecule has 1 amide bonds. The lowest BCUT2D eigenvalue weighted by molar-refractivity contribution is -0.132. The van der Waals surface area contributed by atoms with Crippen LogP contribution in [0.5, 0.6) is 5.75 Å². The Morgan fingerprint density at radius 1 is 1.50 bits per heavy atom. The molecule has 122 valence electrons. The second-order valence-corrected chi connectivity index (χ2v) is 6.14. The largest absolute Gasteiger partial charge is 0.506 e. The highest BCUT2D eigenvalue weighted by Gasteiger charge is 2.26. The molecular formula is C17H25NO4. The number of carbonyl (C=O) groups is 1. The predicted molar refractivity (Wildman–Crippen MR) is 85.0 cm³/mol. The topological polar surface area (TPSA) is 67.8 Å². The van der Waals surface area contributed by atoms with E-state index in [4.69, 9.17) is 9.47 Å². The van der Waals surface area contributed by atoms with Crippen molar-refractivity contribution < 1.29 is 19.4 Å². The summed E-state index contributed by atoms with van der Waals surface area (Å²) in [4.78, 5) is 12.4. The smallest absolute Gasteiger partial charge is 0.253 e. The van der Waals surface area contributed by atoms with E-state index >= 15 is 0 Å². The molecule has 0 aromatic heterocycles. The van der Waals surface area contributed by atoms with Crippen molar-refractivity contribution in [1.29, 1.82) is 0 Å². The summed E-state index contributed by atoms with van der Waals surface area (Å²) in [6.45, 7) is 6.95. The minimum Gasteiger partial charge on any atom is -0.506 e. The SMILES string of the molecule is Cc1ccc(NC(=O)C(OCC2CCCO2)C(C)C)c(O)c1. The Morgan fingerprint density at radius 2 is 2.27 bits per heavy atom. The van der Waals surface area contributed by atoms with Crippen LogP contribution in [0, 0.1) is 12.8 Å². The minimum absolute atomic E-state index is 0.0361. The summed E-state index contributed by atoms with van der Waals surface area (Å²) in [7, 11) is 0. The van der Waals surface area contributed by atoms with Gasteiger partial charge in [0.05, 0.1) is 18.4 Å². The van der Waals surface area contributed by atoms with Crippen LogP contribution in [-0.2, 0) is 14.3 Å². The molecule has 0 bridgehead atoms. The van der Waals surface area contributed by atoms with E-state index in [1.807, 2.05) is 26.8 Å². The van der Waals surface area contributed by atoms with Crippen LogP contribution in [0.2, 0.25) is 0 Å².